The van der Waals surface area contributed by atoms with Crippen LogP contribution in [0.2, 0.25) is 0 Å². The molecule has 1 aromatic carbocycles. The number of rotatable bonds is 5. The lowest BCUT2D eigenvalue weighted by Gasteiger charge is -2.25. The molecule has 0 unspecified atom stereocenters. The van der Waals surface area contributed by atoms with E-state index in [4.69, 9.17) is 0 Å². The van der Waals surface area contributed by atoms with Gasteiger partial charge in [0, 0.05) is 6.54 Å². The van der Waals surface area contributed by atoms with Crippen LogP contribution in [0, 0.1) is 12.8 Å². The minimum absolute atomic E-state index is 0.936. The molecule has 1 aliphatic heterocycles. The quantitative estimate of drug-likeness (QED) is 0.859. The van der Waals surface area contributed by atoms with Crippen molar-refractivity contribution in [1.29, 1.82) is 0 Å². The zero-order chi connectivity index (χ0) is 12.8. The van der Waals surface area contributed by atoms with Gasteiger partial charge in [0.05, 0.1) is 0 Å². The van der Waals surface area contributed by atoms with Crippen LogP contribution in [-0.2, 0) is 6.54 Å². The lowest BCUT2D eigenvalue weighted by atomic mass is 9.94. The Hall–Kier alpha value is -0.860. The molecule has 0 spiro atoms. The third-order valence-electron chi connectivity index (χ3n) is 3.91. The Kier molecular flexibility index (Phi) is 5.21. The largest absolute Gasteiger partial charge is 0.317 e. The summed E-state index contributed by atoms with van der Waals surface area (Å²) in [6.45, 7) is 6.89. The van der Waals surface area contributed by atoms with Crippen LogP contribution >= 0.6 is 0 Å². The van der Waals surface area contributed by atoms with E-state index in [9.17, 15) is 0 Å². The summed E-state index contributed by atoms with van der Waals surface area (Å²) in [7, 11) is 2.24. The van der Waals surface area contributed by atoms with Crippen molar-refractivity contribution in [3.63, 3.8) is 0 Å². The van der Waals surface area contributed by atoms with Crippen LogP contribution in [0.25, 0.3) is 0 Å². The molecule has 1 N–H and O–H groups in total. The van der Waals surface area contributed by atoms with Crippen molar-refractivity contribution in [3.8, 4) is 0 Å². The molecule has 1 heterocycles. The molecule has 0 aromatic heterocycles. The summed E-state index contributed by atoms with van der Waals surface area (Å²) < 4.78 is 0. The van der Waals surface area contributed by atoms with Gasteiger partial charge in [0.2, 0.25) is 0 Å². The molecule has 2 rings (SSSR count). The monoisotopic (exact) mass is 246 g/mol. The highest BCUT2D eigenvalue weighted by molar-refractivity contribution is 5.21. The summed E-state index contributed by atoms with van der Waals surface area (Å²) in [5, 5.41) is 3.43. The molecular formula is C16H26N2. The average molecular weight is 246 g/mol. The maximum absolute atomic E-state index is 3.43. The standard InChI is InChI=1S/C16H26N2/c1-14-4-3-5-16(12-14)13-18(2)11-8-15-6-9-17-10-7-15/h3-5,12,15,17H,6-11,13H2,1-2H3. The van der Waals surface area contributed by atoms with Crippen LogP contribution in [0.1, 0.15) is 30.4 Å². The molecule has 0 aliphatic carbocycles. The van der Waals surface area contributed by atoms with Gasteiger partial charge in [0.1, 0.15) is 0 Å². The van der Waals surface area contributed by atoms with Crippen LogP contribution in [-0.4, -0.2) is 31.6 Å². The third-order valence-corrected chi connectivity index (χ3v) is 3.91. The third kappa shape index (κ3) is 4.43. The van der Waals surface area contributed by atoms with E-state index in [2.05, 4.69) is 48.5 Å². The minimum Gasteiger partial charge on any atom is -0.317 e. The number of hydrogen-bond donors (Lipinski definition) is 1. The van der Waals surface area contributed by atoms with Crippen molar-refractivity contribution in [1.82, 2.24) is 10.2 Å². The maximum atomic E-state index is 3.43. The highest BCUT2D eigenvalue weighted by Gasteiger charge is 2.13. The number of piperidine rings is 1. The normalized spacial score (nSPS) is 17.3. The molecule has 0 bridgehead atoms. The molecule has 1 fully saturated rings. The molecular weight excluding hydrogens is 220 g/mol. The predicted octanol–water partition coefficient (Wildman–Crippen LogP) is 2.82. The Labute approximate surface area is 111 Å². The zero-order valence-electron chi connectivity index (χ0n) is 11.8. The molecule has 0 radical (unpaired) electrons. The highest BCUT2D eigenvalue weighted by Crippen LogP contribution is 2.16. The fourth-order valence-electron chi connectivity index (χ4n) is 2.77. The molecule has 100 valence electrons. The molecule has 0 saturated carbocycles. The van der Waals surface area contributed by atoms with E-state index >= 15 is 0 Å². The first kappa shape index (κ1) is 13.6. The number of nitrogens with zero attached hydrogens (tertiary/aromatic N) is 1. The van der Waals surface area contributed by atoms with Crippen LogP contribution in [0.3, 0.4) is 0 Å². The molecule has 0 atom stereocenters. The fourth-order valence-corrected chi connectivity index (χ4v) is 2.77. The van der Waals surface area contributed by atoms with Gasteiger partial charge in [-0.2, -0.15) is 0 Å². The van der Waals surface area contributed by atoms with Crippen molar-refractivity contribution >= 4 is 0 Å². The van der Waals surface area contributed by atoms with Crippen molar-refractivity contribution in [2.75, 3.05) is 26.7 Å². The second-order valence-electron chi connectivity index (χ2n) is 5.71. The van der Waals surface area contributed by atoms with E-state index in [0.717, 1.165) is 12.5 Å². The molecule has 18 heavy (non-hydrogen) atoms. The Bertz CT molecular complexity index is 356. The summed E-state index contributed by atoms with van der Waals surface area (Å²) >= 11 is 0. The van der Waals surface area contributed by atoms with Gasteiger partial charge in [-0.15, -0.1) is 0 Å². The number of aryl methyl sites for hydroxylation is 1. The van der Waals surface area contributed by atoms with E-state index in [-0.39, 0.29) is 0 Å². The molecule has 1 aromatic rings. The lowest BCUT2D eigenvalue weighted by Crippen LogP contribution is -2.30. The van der Waals surface area contributed by atoms with Crippen LogP contribution < -0.4 is 5.32 Å². The Morgan fingerprint density at radius 1 is 1.28 bits per heavy atom. The average Bonchev–Trinajstić information content (AvgIpc) is 2.38. The minimum atomic E-state index is 0.936. The van der Waals surface area contributed by atoms with E-state index in [0.29, 0.717) is 0 Å². The van der Waals surface area contributed by atoms with Crippen LogP contribution in [0.15, 0.2) is 24.3 Å². The van der Waals surface area contributed by atoms with Crippen molar-refractivity contribution < 1.29 is 0 Å². The Morgan fingerprint density at radius 2 is 2.06 bits per heavy atom. The first-order chi connectivity index (χ1) is 8.74. The van der Waals surface area contributed by atoms with E-state index in [1.807, 2.05) is 0 Å². The van der Waals surface area contributed by atoms with E-state index < -0.39 is 0 Å². The van der Waals surface area contributed by atoms with Gasteiger partial charge < -0.3 is 10.2 Å². The van der Waals surface area contributed by atoms with Gasteiger partial charge >= 0.3 is 0 Å². The second kappa shape index (κ2) is 6.91. The van der Waals surface area contributed by atoms with E-state index in [1.165, 1.54) is 50.0 Å². The summed E-state index contributed by atoms with van der Waals surface area (Å²) in [5.41, 5.74) is 2.79. The summed E-state index contributed by atoms with van der Waals surface area (Å²) in [4.78, 5) is 2.46. The Balaban J connectivity index is 1.72. The summed E-state index contributed by atoms with van der Waals surface area (Å²) in [6, 6.07) is 8.85. The predicted molar refractivity (Wildman–Crippen MR) is 77.7 cm³/mol. The Morgan fingerprint density at radius 3 is 2.78 bits per heavy atom. The molecule has 2 heteroatoms. The topological polar surface area (TPSA) is 15.3 Å². The first-order valence-corrected chi connectivity index (χ1v) is 7.19. The van der Waals surface area contributed by atoms with Gasteiger partial charge in [-0.1, -0.05) is 29.8 Å². The van der Waals surface area contributed by atoms with Crippen molar-refractivity contribution in [2.24, 2.45) is 5.92 Å². The van der Waals surface area contributed by atoms with Crippen LogP contribution in [0.4, 0.5) is 0 Å². The van der Waals surface area contributed by atoms with Gasteiger partial charge in [-0.3, -0.25) is 0 Å². The molecule has 1 saturated heterocycles. The highest BCUT2D eigenvalue weighted by atomic mass is 15.1. The number of hydrogen-bond acceptors (Lipinski definition) is 2. The number of nitrogens with one attached hydrogen (secondary N) is 1. The maximum Gasteiger partial charge on any atom is 0.0230 e. The van der Waals surface area contributed by atoms with Crippen molar-refractivity contribution in [2.45, 2.75) is 32.7 Å². The molecule has 0 amide bonds. The zero-order valence-corrected chi connectivity index (χ0v) is 11.8. The van der Waals surface area contributed by atoms with Gasteiger partial charge in [0.25, 0.3) is 0 Å². The van der Waals surface area contributed by atoms with E-state index in [1.54, 1.807) is 0 Å². The summed E-state index contributed by atoms with van der Waals surface area (Å²) in [5.74, 6) is 0.936. The summed E-state index contributed by atoms with van der Waals surface area (Å²) in [6.07, 6.45) is 4.07. The smallest absolute Gasteiger partial charge is 0.0230 e. The lowest BCUT2D eigenvalue weighted by molar-refractivity contribution is 0.266. The fraction of sp³-hybridized carbons (Fsp3) is 0.625. The molecule has 2 nitrogen and oxygen atoms in total. The van der Waals surface area contributed by atoms with Crippen LogP contribution in [0.5, 0.6) is 0 Å². The molecule has 1 aliphatic rings. The SMILES string of the molecule is Cc1cccc(CN(C)CCC2CCNCC2)c1. The van der Waals surface area contributed by atoms with Gasteiger partial charge in [0.15, 0.2) is 0 Å². The second-order valence-corrected chi connectivity index (χ2v) is 5.71. The van der Waals surface area contributed by atoms with Crippen molar-refractivity contribution in [3.05, 3.63) is 35.4 Å². The van der Waals surface area contributed by atoms with Gasteiger partial charge in [-0.25, -0.2) is 0 Å². The number of benzene rings is 1. The first-order valence-electron chi connectivity index (χ1n) is 7.19. The van der Waals surface area contributed by atoms with Gasteiger partial charge in [-0.05, 0) is 64.3 Å².